The lowest BCUT2D eigenvalue weighted by Crippen LogP contribution is -2.13. The largest absolute Gasteiger partial charge is 0.497 e. The second-order valence-corrected chi connectivity index (χ2v) is 5.33. The number of carbonyl (C=O) groups is 1. The van der Waals surface area contributed by atoms with Crippen LogP contribution in [0.5, 0.6) is 5.75 Å². The van der Waals surface area contributed by atoms with Crippen LogP contribution in [0.1, 0.15) is 5.56 Å². The number of nitrogens with one attached hydrogen (secondary N) is 1. The number of hydrogen-bond donors (Lipinski definition) is 1. The van der Waals surface area contributed by atoms with Gasteiger partial charge in [-0.25, -0.2) is 0 Å². The molecule has 1 amide bonds. The molecular formula is C17H13BrN2O2. The average Bonchev–Trinajstić information content (AvgIpc) is 2.52. The molecule has 0 saturated heterocycles. The van der Waals surface area contributed by atoms with Crippen LogP contribution in [0.2, 0.25) is 0 Å². The first kappa shape index (κ1) is 15.8. The van der Waals surface area contributed by atoms with Crippen LogP contribution in [-0.4, -0.2) is 13.0 Å². The Labute approximate surface area is 137 Å². The molecule has 0 bridgehead atoms. The Morgan fingerprint density at radius 1 is 1.27 bits per heavy atom. The van der Waals surface area contributed by atoms with Gasteiger partial charge in [0, 0.05) is 10.2 Å². The molecule has 0 aliphatic heterocycles. The van der Waals surface area contributed by atoms with Crippen LogP contribution in [0.25, 0.3) is 6.08 Å². The fraction of sp³-hybridized carbons (Fsp3) is 0.0588. The molecule has 5 heteroatoms. The van der Waals surface area contributed by atoms with Gasteiger partial charge in [-0.1, -0.05) is 34.1 Å². The quantitative estimate of drug-likeness (QED) is 0.665. The highest BCUT2D eigenvalue weighted by molar-refractivity contribution is 9.10. The van der Waals surface area contributed by atoms with E-state index in [9.17, 15) is 10.1 Å². The summed E-state index contributed by atoms with van der Waals surface area (Å²) < 4.78 is 5.97. The summed E-state index contributed by atoms with van der Waals surface area (Å²) >= 11 is 3.33. The molecule has 4 nitrogen and oxygen atoms in total. The van der Waals surface area contributed by atoms with Crippen molar-refractivity contribution in [2.45, 2.75) is 0 Å². The summed E-state index contributed by atoms with van der Waals surface area (Å²) in [5.74, 6) is 0.210. The highest BCUT2D eigenvalue weighted by Gasteiger charge is 2.09. The fourth-order valence-corrected chi connectivity index (χ4v) is 2.21. The van der Waals surface area contributed by atoms with E-state index in [4.69, 9.17) is 4.74 Å². The van der Waals surface area contributed by atoms with Gasteiger partial charge in [-0.15, -0.1) is 0 Å². The van der Waals surface area contributed by atoms with E-state index in [2.05, 4.69) is 21.2 Å². The van der Waals surface area contributed by atoms with E-state index in [-0.39, 0.29) is 5.57 Å². The number of halogens is 1. The third-order valence-corrected chi connectivity index (χ3v) is 3.35. The van der Waals surface area contributed by atoms with E-state index in [1.54, 1.807) is 49.6 Å². The molecule has 2 rings (SSSR count). The predicted molar refractivity (Wildman–Crippen MR) is 89.4 cm³/mol. The Hall–Kier alpha value is -2.58. The zero-order valence-corrected chi connectivity index (χ0v) is 13.4. The number of anilines is 1. The van der Waals surface area contributed by atoms with Gasteiger partial charge in [0.1, 0.15) is 17.4 Å². The summed E-state index contributed by atoms with van der Waals surface area (Å²) in [6.07, 6.45) is 1.52. The summed E-state index contributed by atoms with van der Waals surface area (Å²) in [4.78, 5) is 12.2. The van der Waals surface area contributed by atoms with Crippen LogP contribution in [0.15, 0.2) is 58.6 Å². The van der Waals surface area contributed by atoms with Gasteiger partial charge in [-0.3, -0.25) is 4.79 Å². The molecule has 0 fully saturated rings. The number of carbonyl (C=O) groups excluding carboxylic acids is 1. The number of methoxy groups -OCH3 is 1. The lowest BCUT2D eigenvalue weighted by Gasteiger charge is -2.05. The molecule has 0 heterocycles. The number of nitriles is 1. The third-order valence-electron chi connectivity index (χ3n) is 2.85. The van der Waals surface area contributed by atoms with Gasteiger partial charge >= 0.3 is 0 Å². The smallest absolute Gasteiger partial charge is 0.266 e. The lowest BCUT2D eigenvalue weighted by atomic mass is 10.1. The molecule has 0 aliphatic rings. The standard InChI is InChI=1S/C17H13BrN2O2/c1-22-16-7-2-4-12(9-16)8-13(11-19)17(21)20-15-6-3-5-14(18)10-15/h2-10H,1H3,(H,20,21). The highest BCUT2D eigenvalue weighted by atomic mass is 79.9. The summed E-state index contributed by atoms with van der Waals surface area (Å²) in [5, 5.41) is 11.9. The Bertz CT molecular complexity index is 763. The molecule has 0 saturated carbocycles. The summed E-state index contributed by atoms with van der Waals surface area (Å²) in [6, 6.07) is 16.2. The van der Waals surface area contributed by atoms with Crippen LogP contribution in [-0.2, 0) is 4.79 Å². The van der Waals surface area contributed by atoms with Crippen LogP contribution in [0.3, 0.4) is 0 Å². The maximum atomic E-state index is 12.2. The molecule has 0 spiro atoms. The number of ether oxygens (including phenoxy) is 1. The van der Waals surface area contributed by atoms with Crippen LogP contribution >= 0.6 is 15.9 Å². The van der Waals surface area contributed by atoms with E-state index in [0.717, 1.165) is 10.0 Å². The molecule has 1 N–H and O–H groups in total. The van der Waals surface area contributed by atoms with E-state index in [0.29, 0.717) is 11.4 Å². The topological polar surface area (TPSA) is 62.1 Å². The number of benzene rings is 2. The molecule has 0 radical (unpaired) electrons. The van der Waals surface area contributed by atoms with Crippen molar-refractivity contribution in [1.29, 1.82) is 5.26 Å². The Morgan fingerprint density at radius 2 is 2.05 bits per heavy atom. The molecule has 0 aliphatic carbocycles. The SMILES string of the molecule is COc1cccc(C=C(C#N)C(=O)Nc2cccc(Br)c2)c1. The third kappa shape index (κ3) is 4.21. The van der Waals surface area contributed by atoms with E-state index in [1.807, 2.05) is 12.1 Å². The summed E-state index contributed by atoms with van der Waals surface area (Å²) in [5.41, 5.74) is 1.36. The first-order chi connectivity index (χ1) is 10.6. The fourth-order valence-electron chi connectivity index (χ4n) is 1.81. The van der Waals surface area contributed by atoms with Gasteiger partial charge < -0.3 is 10.1 Å². The van der Waals surface area contributed by atoms with Crippen molar-refractivity contribution in [2.24, 2.45) is 0 Å². The second-order valence-electron chi connectivity index (χ2n) is 4.41. The molecule has 2 aromatic carbocycles. The molecule has 0 atom stereocenters. The Morgan fingerprint density at radius 3 is 2.73 bits per heavy atom. The molecule has 0 aromatic heterocycles. The number of hydrogen-bond acceptors (Lipinski definition) is 3. The minimum atomic E-state index is -0.455. The molecular weight excluding hydrogens is 344 g/mol. The van der Waals surface area contributed by atoms with Gasteiger partial charge in [0.05, 0.1) is 7.11 Å². The van der Waals surface area contributed by atoms with Crippen molar-refractivity contribution in [2.75, 3.05) is 12.4 Å². The Kier molecular flexibility index (Phi) is 5.34. The zero-order chi connectivity index (χ0) is 15.9. The average molecular weight is 357 g/mol. The van der Waals surface area contributed by atoms with Gasteiger partial charge in [-0.2, -0.15) is 5.26 Å². The number of rotatable bonds is 4. The second kappa shape index (κ2) is 7.43. The van der Waals surface area contributed by atoms with Crippen molar-refractivity contribution in [1.82, 2.24) is 0 Å². The minimum absolute atomic E-state index is 0.0215. The van der Waals surface area contributed by atoms with Gasteiger partial charge in [0.25, 0.3) is 5.91 Å². The van der Waals surface area contributed by atoms with Crippen LogP contribution < -0.4 is 10.1 Å². The molecule has 110 valence electrons. The molecule has 22 heavy (non-hydrogen) atoms. The predicted octanol–water partition coefficient (Wildman–Crippen LogP) is 4.00. The van der Waals surface area contributed by atoms with Crippen LogP contribution in [0, 0.1) is 11.3 Å². The number of amides is 1. The van der Waals surface area contributed by atoms with Gasteiger partial charge in [0.2, 0.25) is 0 Å². The van der Waals surface area contributed by atoms with E-state index < -0.39 is 5.91 Å². The van der Waals surface area contributed by atoms with Crippen molar-refractivity contribution in [3.63, 3.8) is 0 Å². The van der Waals surface area contributed by atoms with E-state index in [1.165, 1.54) is 6.08 Å². The first-order valence-corrected chi connectivity index (χ1v) is 7.24. The minimum Gasteiger partial charge on any atom is -0.497 e. The molecule has 0 unspecified atom stereocenters. The van der Waals surface area contributed by atoms with Gasteiger partial charge in [0.15, 0.2) is 0 Å². The first-order valence-electron chi connectivity index (χ1n) is 6.45. The van der Waals surface area contributed by atoms with Crippen molar-refractivity contribution >= 4 is 33.6 Å². The summed E-state index contributed by atoms with van der Waals surface area (Å²) in [6.45, 7) is 0. The maximum absolute atomic E-state index is 12.2. The van der Waals surface area contributed by atoms with Crippen molar-refractivity contribution < 1.29 is 9.53 Å². The molecule has 2 aromatic rings. The summed E-state index contributed by atoms with van der Waals surface area (Å²) in [7, 11) is 1.56. The Balaban J connectivity index is 2.21. The highest BCUT2D eigenvalue weighted by Crippen LogP contribution is 2.18. The zero-order valence-electron chi connectivity index (χ0n) is 11.8. The monoisotopic (exact) mass is 356 g/mol. The number of nitrogens with zero attached hydrogens (tertiary/aromatic N) is 1. The van der Waals surface area contributed by atoms with Crippen molar-refractivity contribution in [3.05, 3.63) is 64.1 Å². The lowest BCUT2D eigenvalue weighted by molar-refractivity contribution is -0.112. The van der Waals surface area contributed by atoms with E-state index >= 15 is 0 Å². The maximum Gasteiger partial charge on any atom is 0.266 e. The van der Waals surface area contributed by atoms with Gasteiger partial charge in [-0.05, 0) is 42.0 Å². The normalized spacial score (nSPS) is 10.7. The van der Waals surface area contributed by atoms with Crippen LogP contribution in [0.4, 0.5) is 5.69 Å². The van der Waals surface area contributed by atoms with Crippen molar-refractivity contribution in [3.8, 4) is 11.8 Å².